The molecule has 140 valence electrons. The van der Waals surface area contributed by atoms with Crippen molar-refractivity contribution < 1.29 is 29.4 Å². The number of aliphatic carboxylic acids is 2. The first-order valence-electron chi connectivity index (χ1n) is 7.01. The predicted octanol–water partition coefficient (Wildman–Crippen LogP) is -0.724. The van der Waals surface area contributed by atoms with Crippen molar-refractivity contribution in [3.8, 4) is 0 Å². The molecule has 0 bridgehead atoms. The van der Waals surface area contributed by atoms with Crippen LogP contribution in [0.4, 0.5) is 5.13 Å². The molecule has 0 aromatic carbocycles. The Morgan fingerprint density at radius 2 is 2.23 bits per heavy atom. The summed E-state index contributed by atoms with van der Waals surface area (Å²) in [5, 5.41) is 27.7. The zero-order valence-electron chi connectivity index (χ0n) is 13.3. The number of nitrogens with zero attached hydrogens (tertiary/aromatic N) is 2. The van der Waals surface area contributed by atoms with E-state index in [-0.39, 0.29) is 28.0 Å². The van der Waals surface area contributed by atoms with E-state index in [2.05, 4.69) is 25.6 Å². The highest BCUT2D eigenvalue weighted by molar-refractivity contribution is 8.00. The Morgan fingerprint density at radius 3 is 2.77 bits per heavy atom. The van der Waals surface area contributed by atoms with Gasteiger partial charge in [0.25, 0.3) is 5.91 Å². The zero-order valence-corrected chi connectivity index (χ0v) is 15.0. The molecule has 2 rings (SSSR count). The Balaban J connectivity index is 2.19. The molecule has 1 aromatic rings. The first kappa shape index (κ1) is 19.5. The number of aromatic nitrogens is 1. The van der Waals surface area contributed by atoms with E-state index in [4.69, 9.17) is 10.8 Å². The molecule has 1 unspecified atom stereocenters. The van der Waals surface area contributed by atoms with Gasteiger partial charge in [-0.25, -0.2) is 14.6 Å². The van der Waals surface area contributed by atoms with Crippen molar-refractivity contribution in [2.24, 2.45) is 5.16 Å². The largest absolute Gasteiger partial charge is 0.480 e. The molecule has 26 heavy (non-hydrogen) atoms. The molecule has 1 aromatic heterocycles. The number of thiazole rings is 1. The number of thioether (sulfide) groups is 1. The van der Waals surface area contributed by atoms with Crippen LogP contribution in [0.2, 0.25) is 0 Å². The van der Waals surface area contributed by atoms with Crippen LogP contribution >= 0.6 is 23.1 Å². The normalized spacial score (nSPS) is 18.3. The average molecular weight is 401 g/mol. The summed E-state index contributed by atoms with van der Waals surface area (Å²) in [6.07, 6.45) is 1.42. The highest BCUT2D eigenvalue weighted by Crippen LogP contribution is 2.20. The number of nitrogens with two attached hydrogens (primary N) is 1. The number of nitrogen functional groups attached to an aromatic ring is 1. The molecule has 13 heteroatoms. The third kappa shape index (κ3) is 4.64. The number of amides is 1. The number of hydrogen-bond donors (Lipinski definition) is 5. The lowest BCUT2D eigenvalue weighted by Crippen LogP contribution is -2.55. The first-order valence-corrected chi connectivity index (χ1v) is 8.94. The van der Waals surface area contributed by atoms with Gasteiger partial charge in [-0.1, -0.05) is 5.16 Å². The van der Waals surface area contributed by atoms with Crippen LogP contribution in [0.15, 0.2) is 22.3 Å². The summed E-state index contributed by atoms with van der Waals surface area (Å²) in [6.45, 7) is 0. The summed E-state index contributed by atoms with van der Waals surface area (Å²) in [7, 11) is 1.22. The van der Waals surface area contributed by atoms with E-state index in [0.29, 0.717) is 0 Å². The Bertz CT molecular complexity index is 777. The number of carbonyl (C=O) groups excluding carboxylic acids is 1. The Labute approximate surface area is 155 Å². The maximum Gasteiger partial charge on any atom is 0.351 e. The van der Waals surface area contributed by atoms with Crippen molar-refractivity contribution in [1.82, 2.24) is 15.6 Å². The highest BCUT2D eigenvalue weighted by Gasteiger charge is 2.34. The number of anilines is 1. The van der Waals surface area contributed by atoms with Crippen LogP contribution in [-0.4, -0.2) is 63.0 Å². The van der Waals surface area contributed by atoms with E-state index in [1.807, 2.05) is 0 Å². The van der Waals surface area contributed by atoms with Gasteiger partial charge >= 0.3 is 11.9 Å². The number of carbonyl (C=O) groups is 3. The molecule has 1 aliphatic rings. The molecule has 11 nitrogen and oxygen atoms in total. The van der Waals surface area contributed by atoms with Gasteiger partial charge in [-0.3, -0.25) is 4.79 Å². The number of carboxylic acid groups (broad SMARTS) is 2. The molecule has 1 aliphatic heterocycles. The van der Waals surface area contributed by atoms with Gasteiger partial charge in [0.15, 0.2) is 16.9 Å². The SMILES string of the molecule is CO/N=C(\C(=O)N[C@H](C(=O)O)C1NC(C(=O)O)=CCS1)c1csc(N)n1. The monoisotopic (exact) mass is 401 g/mol. The predicted molar refractivity (Wildman–Crippen MR) is 94.7 cm³/mol. The lowest BCUT2D eigenvalue weighted by molar-refractivity contribution is -0.141. The van der Waals surface area contributed by atoms with Crippen LogP contribution in [0.1, 0.15) is 5.69 Å². The van der Waals surface area contributed by atoms with Crippen LogP contribution in [0, 0.1) is 0 Å². The molecule has 6 N–H and O–H groups in total. The minimum absolute atomic E-state index is 0.131. The summed E-state index contributed by atoms with van der Waals surface area (Å²) in [5.41, 5.74) is 5.28. The maximum atomic E-state index is 12.5. The molecule has 0 radical (unpaired) electrons. The summed E-state index contributed by atoms with van der Waals surface area (Å²) >= 11 is 2.21. The topological polar surface area (TPSA) is 176 Å². The third-order valence-corrected chi connectivity index (χ3v) is 4.89. The zero-order chi connectivity index (χ0) is 19.3. The average Bonchev–Trinajstić information content (AvgIpc) is 3.03. The molecular weight excluding hydrogens is 386 g/mol. The number of carboxylic acids is 2. The van der Waals surface area contributed by atoms with Gasteiger partial charge in [0.05, 0.1) is 0 Å². The summed E-state index contributed by atoms with van der Waals surface area (Å²) in [4.78, 5) is 43.7. The van der Waals surface area contributed by atoms with E-state index >= 15 is 0 Å². The molecular formula is C13H15N5O6S2. The van der Waals surface area contributed by atoms with Crippen molar-refractivity contribution in [3.05, 3.63) is 22.8 Å². The first-order chi connectivity index (χ1) is 12.3. The lowest BCUT2D eigenvalue weighted by Gasteiger charge is -2.28. The Hall–Kier alpha value is -2.80. The Kier molecular flexibility index (Phi) is 6.41. The summed E-state index contributed by atoms with van der Waals surface area (Å²) in [5.74, 6) is -3.13. The molecule has 0 aliphatic carbocycles. The summed E-state index contributed by atoms with van der Waals surface area (Å²) in [6, 6.07) is -1.42. The second-order valence-corrected chi connectivity index (χ2v) is 6.87. The fourth-order valence-corrected chi connectivity index (χ4v) is 3.59. The fraction of sp³-hybridized carbons (Fsp3) is 0.308. The van der Waals surface area contributed by atoms with Gasteiger partial charge < -0.3 is 31.4 Å². The van der Waals surface area contributed by atoms with Gasteiger partial charge in [-0.2, -0.15) is 0 Å². The van der Waals surface area contributed by atoms with Crippen LogP contribution in [0.5, 0.6) is 0 Å². The molecule has 2 heterocycles. The number of rotatable bonds is 7. The highest BCUT2D eigenvalue weighted by atomic mass is 32.2. The molecule has 1 amide bonds. The van der Waals surface area contributed by atoms with Crippen LogP contribution in [0.25, 0.3) is 0 Å². The van der Waals surface area contributed by atoms with Gasteiger partial charge in [-0.05, 0) is 6.08 Å². The number of hydrogen-bond acceptors (Lipinski definition) is 10. The quantitative estimate of drug-likeness (QED) is 0.289. The third-order valence-electron chi connectivity index (χ3n) is 3.11. The van der Waals surface area contributed by atoms with Gasteiger partial charge in [0.1, 0.15) is 23.9 Å². The van der Waals surface area contributed by atoms with E-state index in [1.54, 1.807) is 0 Å². The molecule has 0 spiro atoms. The van der Waals surface area contributed by atoms with Crippen molar-refractivity contribution in [3.63, 3.8) is 0 Å². The van der Waals surface area contributed by atoms with Crippen LogP contribution in [0.3, 0.4) is 0 Å². The van der Waals surface area contributed by atoms with Gasteiger partial charge in [0.2, 0.25) is 0 Å². The lowest BCUT2D eigenvalue weighted by atomic mass is 10.2. The van der Waals surface area contributed by atoms with E-state index in [9.17, 15) is 19.5 Å². The van der Waals surface area contributed by atoms with Crippen LogP contribution in [-0.2, 0) is 19.2 Å². The van der Waals surface area contributed by atoms with Crippen molar-refractivity contribution in [2.75, 3.05) is 18.6 Å². The molecule has 0 saturated carbocycles. The minimum Gasteiger partial charge on any atom is -0.480 e. The van der Waals surface area contributed by atoms with Crippen molar-refractivity contribution >= 4 is 51.8 Å². The second-order valence-electron chi connectivity index (χ2n) is 4.80. The van der Waals surface area contributed by atoms with E-state index in [1.165, 1.54) is 18.6 Å². The van der Waals surface area contributed by atoms with E-state index < -0.39 is 29.3 Å². The van der Waals surface area contributed by atoms with Crippen molar-refractivity contribution in [2.45, 2.75) is 11.4 Å². The number of nitrogens with one attached hydrogen (secondary N) is 2. The number of oxime groups is 1. The van der Waals surface area contributed by atoms with E-state index in [0.717, 1.165) is 23.1 Å². The molecule has 0 fully saturated rings. The standard InChI is InChI=1S/C13H15N5O6S2/c1-24-18-7(6-4-26-13(14)16-6)9(19)17-8(12(22)23)10-15-5(11(20)21)2-3-25-10/h2,4,8,10,15H,3H2,1H3,(H2,14,16)(H,17,19)(H,20,21)(H,22,23)/b18-7-/t8-,10?/m0/s1. The van der Waals surface area contributed by atoms with Crippen LogP contribution < -0.4 is 16.4 Å². The molecule has 0 saturated heterocycles. The minimum atomic E-state index is -1.42. The maximum absolute atomic E-state index is 12.5. The van der Waals surface area contributed by atoms with Crippen molar-refractivity contribution in [1.29, 1.82) is 0 Å². The van der Waals surface area contributed by atoms with Gasteiger partial charge in [0, 0.05) is 11.1 Å². The summed E-state index contributed by atoms with van der Waals surface area (Å²) < 4.78 is 0. The molecule has 2 atom stereocenters. The smallest absolute Gasteiger partial charge is 0.351 e. The van der Waals surface area contributed by atoms with Gasteiger partial charge in [-0.15, -0.1) is 23.1 Å². The fourth-order valence-electron chi connectivity index (χ4n) is 1.99. The Morgan fingerprint density at radius 1 is 1.50 bits per heavy atom. The second kappa shape index (κ2) is 8.53.